The largest absolute Gasteiger partial charge is 0.490 e. The molecule has 3 aliphatic rings. The fourth-order valence-electron chi connectivity index (χ4n) is 3.64. The van der Waals surface area contributed by atoms with E-state index in [1.807, 2.05) is 29.2 Å². The Morgan fingerprint density at radius 2 is 1.92 bits per heavy atom. The summed E-state index contributed by atoms with van der Waals surface area (Å²) in [5, 5.41) is 2.93. The molecule has 0 atom stereocenters. The number of amides is 3. The highest BCUT2D eigenvalue weighted by Crippen LogP contribution is 2.29. The molecule has 1 aliphatic heterocycles. The summed E-state index contributed by atoms with van der Waals surface area (Å²) in [4.78, 5) is 27.8. The molecule has 3 fully saturated rings. The zero-order chi connectivity index (χ0) is 17.2. The number of hydrogen-bond acceptors (Lipinski definition) is 3. The van der Waals surface area contributed by atoms with Crippen molar-refractivity contribution in [3.05, 3.63) is 29.8 Å². The van der Waals surface area contributed by atoms with Crippen molar-refractivity contribution in [1.82, 2.24) is 15.1 Å². The molecule has 0 bridgehead atoms. The van der Waals surface area contributed by atoms with Crippen molar-refractivity contribution < 1.29 is 14.3 Å². The van der Waals surface area contributed by atoms with Gasteiger partial charge in [-0.25, -0.2) is 4.79 Å². The maximum atomic E-state index is 12.4. The Hall–Kier alpha value is -2.24. The molecule has 25 heavy (non-hydrogen) atoms. The quantitative estimate of drug-likeness (QED) is 0.893. The molecule has 1 saturated heterocycles. The average Bonchev–Trinajstić information content (AvgIpc) is 3.19. The lowest BCUT2D eigenvalue weighted by Gasteiger charge is -2.19. The summed E-state index contributed by atoms with van der Waals surface area (Å²) in [6.07, 6.45) is 7.08. The standard InChI is InChI=1S/C19H25N3O3/c23-18-12-21(13-22(18)15-9-10-15)19(24)20-11-14-5-1-4-8-17(14)25-16-6-2-3-7-16/h1,4-5,8,15-16H,2-3,6-7,9-13H2,(H,20,24). The van der Waals surface area contributed by atoms with Gasteiger partial charge in [0.25, 0.3) is 0 Å². The van der Waals surface area contributed by atoms with Crippen molar-refractivity contribution in [3.8, 4) is 5.75 Å². The van der Waals surface area contributed by atoms with Gasteiger partial charge in [-0.1, -0.05) is 18.2 Å². The van der Waals surface area contributed by atoms with E-state index in [2.05, 4.69) is 5.32 Å². The summed E-state index contributed by atoms with van der Waals surface area (Å²) in [6.45, 7) is 1.01. The lowest BCUT2D eigenvalue weighted by molar-refractivity contribution is -0.127. The van der Waals surface area contributed by atoms with E-state index in [1.54, 1.807) is 4.90 Å². The second kappa shape index (κ2) is 6.94. The molecule has 1 aromatic rings. The lowest BCUT2D eigenvalue weighted by Crippen LogP contribution is -2.39. The minimum absolute atomic E-state index is 0.0580. The van der Waals surface area contributed by atoms with E-state index in [9.17, 15) is 9.59 Å². The van der Waals surface area contributed by atoms with E-state index in [1.165, 1.54) is 12.8 Å². The molecule has 1 aromatic carbocycles. The number of para-hydroxylation sites is 1. The summed E-state index contributed by atoms with van der Waals surface area (Å²) < 4.78 is 6.11. The molecule has 2 aliphatic carbocycles. The molecule has 4 rings (SSSR count). The van der Waals surface area contributed by atoms with E-state index >= 15 is 0 Å². The van der Waals surface area contributed by atoms with Gasteiger partial charge in [-0.3, -0.25) is 9.69 Å². The summed E-state index contributed by atoms with van der Waals surface area (Å²) in [5.41, 5.74) is 0.979. The van der Waals surface area contributed by atoms with Crippen molar-refractivity contribution in [3.63, 3.8) is 0 Å². The van der Waals surface area contributed by atoms with Gasteiger partial charge in [-0.15, -0.1) is 0 Å². The molecule has 1 N–H and O–H groups in total. The van der Waals surface area contributed by atoms with Crippen molar-refractivity contribution in [1.29, 1.82) is 0 Å². The Labute approximate surface area is 148 Å². The monoisotopic (exact) mass is 343 g/mol. The van der Waals surface area contributed by atoms with Crippen molar-refractivity contribution in [2.75, 3.05) is 13.2 Å². The molecular weight excluding hydrogens is 318 g/mol. The normalized spacial score (nSPS) is 21.0. The van der Waals surface area contributed by atoms with Crippen LogP contribution in [0.25, 0.3) is 0 Å². The van der Waals surface area contributed by atoms with Crippen LogP contribution in [-0.4, -0.2) is 47.1 Å². The zero-order valence-electron chi connectivity index (χ0n) is 14.4. The van der Waals surface area contributed by atoms with Gasteiger partial charge in [0.2, 0.25) is 5.91 Å². The second-order valence-corrected chi connectivity index (χ2v) is 7.22. The molecule has 0 radical (unpaired) electrons. The van der Waals surface area contributed by atoms with Gasteiger partial charge in [0, 0.05) is 18.2 Å². The van der Waals surface area contributed by atoms with Gasteiger partial charge in [0.05, 0.1) is 12.8 Å². The third-order valence-corrected chi connectivity index (χ3v) is 5.24. The molecule has 0 unspecified atom stereocenters. The molecule has 1 heterocycles. The Kier molecular flexibility index (Phi) is 4.51. The summed E-state index contributed by atoms with van der Waals surface area (Å²) in [6, 6.07) is 8.03. The molecule has 3 amide bonds. The third kappa shape index (κ3) is 3.72. The van der Waals surface area contributed by atoms with Gasteiger partial charge < -0.3 is 15.0 Å². The van der Waals surface area contributed by atoms with E-state index in [4.69, 9.17) is 4.74 Å². The summed E-state index contributed by atoms with van der Waals surface area (Å²) >= 11 is 0. The molecular formula is C19H25N3O3. The molecule has 0 spiro atoms. The Bertz CT molecular complexity index is 653. The van der Waals surface area contributed by atoms with Crippen LogP contribution in [0.4, 0.5) is 4.79 Å². The number of urea groups is 1. The number of carbonyl (C=O) groups is 2. The van der Waals surface area contributed by atoms with Crippen LogP contribution in [0.3, 0.4) is 0 Å². The fourth-order valence-corrected chi connectivity index (χ4v) is 3.64. The number of ether oxygens (including phenoxy) is 1. The van der Waals surface area contributed by atoms with Gasteiger partial charge in [0.15, 0.2) is 0 Å². The Morgan fingerprint density at radius 3 is 2.68 bits per heavy atom. The van der Waals surface area contributed by atoms with Gasteiger partial charge in [0.1, 0.15) is 12.3 Å². The molecule has 2 saturated carbocycles. The number of nitrogens with one attached hydrogen (secondary N) is 1. The first-order valence-corrected chi connectivity index (χ1v) is 9.27. The van der Waals surface area contributed by atoms with Crippen molar-refractivity contribution in [2.45, 2.75) is 57.2 Å². The number of rotatable bonds is 5. The minimum atomic E-state index is -0.188. The molecule has 134 valence electrons. The van der Waals surface area contributed by atoms with Crippen LogP contribution in [0.2, 0.25) is 0 Å². The maximum Gasteiger partial charge on any atom is 0.319 e. The number of hydrogen-bond donors (Lipinski definition) is 1. The predicted octanol–water partition coefficient (Wildman–Crippen LogP) is 2.48. The van der Waals surface area contributed by atoms with Crippen LogP contribution in [0, 0.1) is 0 Å². The molecule has 6 heteroatoms. The zero-order valence-corrected chi connectivity index (χ0v) is 14.4. The van der Waals surface area contributed by atoms with Crippen LogP contribution >= 0.6 is 0 Å². The average molecular weight is 343 g/mol. The van der Waals surface area contributed by atoms with Gasteiger partial charge in [-0.05, 0) is 44.6 Å². The second-order valence-electron chi connectivity index (χ2n) is 7.22. The predicted molar refractivity (Wildman–Crippen MR) is 93.0 cm³/mol. The first kappa shape index (κ1) is 16.2. The van der Waals surface area contributed by atoms with Crippen LogP contribution in [-0.2, 0) is 11.3 Å². The molecule has 0 aromatic heterocycles. The number of benzene rings is 1. The third-order valence-electron chi connectivity index (χ3n) is 5.24. The summed E-state index contributed by atoms with van der Waals surface area (Å²) in [7, 11) is 0. The fraction of sp³-hybridized carbons (Fsp3) is 0.579. The van der Waals surface area contributed by atoms with Crippen molar-refractivity contribution in [2.24, 2.45) is 0 Å². The van der Waals surface area contributed by atoms with E-state index in [0.717, 1.165) is 37.0 Å². The highest BCUT2D eigenvalue weighted by atomic mass is 16.5. The number of carbonyl (C=O) groups excluding carboxylic acids is 2. The first-order valence-electron chi connectivity index (χ1n) is 9.27. The van der Waals surface area contributed by atoms with Crippen molar-refractivity contribution >= 4 is 11.9 Å². The smallest absolute Gasteiger partial charge is 0.319 e. The Balaban J connectivity index is 1.33. The van der Waals surface area contributed by atoms with Crippen LogP contribution in [0.1, 0.15) is 44.1 Å². The molecule has 6 nitrogen and oxygen atoms in total. The Morgan fingerprint density at radius 1 is 1.16 bits per heavy atom. The first-order chi connectivity index (χ1) is 12.2. The maximum absolute atomic E-state index is 12.4. The van der Waals surface area contributed by atoms with E-state index in [0.29, 0.717) is 25.4 Å². The van der Waals surface area contributed by atoms with E-state index < -0.39 is 0 Å². The van der Waals surface area contributed by atoms with E-state index in [-0.39, 0.29) is 18.5 Å². The minimum Gasteiger partial charge on any atom is -0.490 e. The lowest BCUT2D eigenvalue weighted by atomic mass is 10.2. The highest BCUT2D eigenvalue weighted by molar-refractivity contribution is 5.87. The van der Waals surface area contributed by atoms with Gasteiger partial charge >= 0.3 is 6.03 Å². The van der Waals surface area contributed by atoms with Crippen LogP contribution in [0.5, 0.6) is 5.75 Å². The number of nitrogens with zero attached hydrogens (tertiary/aromatic N) is 2. The highest BCUT2D eigenvalue weighted by Gasteiger charge is 2.39. The van der Waals surface area contributed by atoms with Crippen LogP contribution in [0.15, 0.2) is 24.3 Å². The SMILES string of the molecule is O=C(NCc1ccccc1OC1CCCC1)N1CC(=O)N(C2CC2)C1. The van der Waals surface area contributed by atoms with Gasteiger partial charge in [-0.2, -0.15) is 0 Å². The summed E-state index contributed by atoms with van der Waals surface area (Å²) in [5.74, 6) is 0.912. The topological polar surface area (TPSA) is 61.9 Å². The van der Waals surface area contributed by atoms with Crippen LogP contribution < -0.4 is 10.1 Å².